The van der Waals surface area contributed by atoms with Crippen LogP contribution < -0.4 is 16.4 Å². The molecular weight excluding hydrogens is 1490 g/mol. The molecule has 0 radical (unpaired) electrons. The molecule has 0 saturated heterocycles. The first-order valence-corrected chi connectivity index (χ1v) is 41.5. The summed E-state index contributed by atoms with van der Waals surface area (Å²) in [5.74, 6) is -0.378. The predicted molar refractivity (Wildman–Crippen MR) is 461 cm³/mol. The maximum atomic E-state index is 12.9. The Morgan fingerprint density at radius 3 is 1.29 bits per heavy atom. The number of hydrogen-bond donors (Lipinski definition) is 8. The third-order valence-electron chi connectivity index (χ3n) is 20.8. The fourth-order valence-corrected chi connectivity index (χ4v) is 14.3. The quantitative estimate of drug-likeness (QED) is 0.0128. The summed E-state index contributed by atoms with van der Waals surface area (Å²) >= 11 is 0. The van der Waals surface area contributed by atoms with E-state index in [1.807, 2.05) is 170 Å². The van der Waals surface area contributed by atoms with Gasteiger partial charge in [-0.1, -0.05) is 0 Å². The number of H-pyrrole nitrogens is 4. The Morgan fingerprint density at radius 1 is 0.508 bits per heavy atom. The van der Waals surface area contributed by atoms with Gasteiger partial charge < -0.3 is 64.8 Å². The molecule has 28 nitrogen and oxygen atoms in total. The highest BCUT2D eigenvalue weighted by Crippen LogP contribution is 2.42. The summed E-state index contributed by atoms with van der Waals surface area (Å²) in [6.07, 6.45) is 37.3. The Hall–Kier alpha value is -11.4. The highest BCUT2D eigenvalue weighted by atomic mass is 16.6. The van der Waals surface area contributed by atoms with E-state index in [4.69, 9.17) is 25.1 Å². The van der Waals surface area contributed by atoms with Crippen molar-refractivity contribution in [2.24, 2.45) is 10.7 Å². The van der Waals surface area contributed by atoms with Crippen LogP contribution >= 0.6 is 0 Å². The molecule has 0 bridgehead atoms. The van der Waals surface area contributed by atoms with E-state index >= 15 is 0 Å². The number of aliphatic hydroxyl groups excluding tert-OH is 1. The number of aldehydes is 1. The zero-order valence-corrected chi connectivity index (χ0v) is 70.4. The van der Waals surface area contributed by atoms with Crippen LogP contribution in [-0.4, -0.2) is 182 Å². The lowest BCUT2D eigenvalue weighted by Crippen LogP contribution is -2.39. The van der Waals surface area contributed by atoms with Crippen molar-refractivity contribution in [1.29, 1.82) is 0 Å². The second-order valence-electron chi connectivity index (χ2n) is 34.1. The van der Waals surface area contributed by atoms with Crippen LogP contribution in [0.2, 0.25) is 0 Å². The lowest BCUT2D eigenvalue weighted by Gasteiger charge is -2.32. The van der Waals surface area contributed by atoms with Gasteiger partial charge in [-0.25, -0.2) is 44.3 Å². The summed E-state index contributed by atoms with van der Waals surface area (Å²) in [5, 5.41) is 21.5. The number of carbonyl (C=O) groups is 5. The van der Waals surface area contributed by atoms with E-state index in [1.54, 1.807) is 31.0 Å². The molecule has 4 amide bonds. The molecule has 12 aromatic heterocycles. The average molecular weight is 1610 g/mol. The number of nitrogens with two attached hydrogens (primary N) is 1. The number of ether oxygens (including phenoxy) is 3. The molecule has 5 saturated carbocycles. The first kappa shape index (κ1) is 86.0. The molecule has 626 valence electrons. The molecule has 17 rings (SSSR count). The Labute approximate surface area is 689 Å². The van der Waals surface area contributed by atoms with Gasteiger partial charge in [0.05, 0.1) is 24.2 Å². The van der Waals surface area contributed by atoms with Crippen LogP contribution in [0, 0.1) is 0 Å². The fourth-order valence-electron chi connectivity index (χ4n) is 14.3. The molecule has 9 N–H and O–H groups in total. The molecule has 12 aromatic rings. The van der Waals surface area contributed by atoms with Crippen LogP contribution in [0.4, 0.5) is 14.4 Å². The first-order chi connectivity index (χ1) is 56.6. The largest absolute Gasteiger partial charge is 0.444 e. The molecule has 0 spiro atoms. The van der Waals surface area contributed by atoms with Gasteiger partial charge in [0, 0.05) is 191 Å². The molecule has 5 aliphatic rings. The summed E-state index contributed by atoms with van der Waals surface area (Å²) < 4.78 is 21.2. The molecular formula is C90H117N19O9. The first-order valence-electron chi connectivity index (χ1n) is 41.5. The summed E-state index contributed by atoms with van der Waals surface area (Å²) in [4.78, 5) is 108. The topological polar surface area (TPSA) is 356 Å². The maximum absolute atomic E-state index is 12.9. The third kappa shape index (κ3) is 23.1. The van der Waals surface area contributed by atoms with Crippen molar-refractivity contribution in [3.63, 3.8) is 0 Å². The minimum absolute atomic E-state index is 0.0414. The molecule has 118 heavy (non-hydrogen) atoms. The molecule has 0 aromatic carbocycles. The van der Waals surface area contributed by atoms with Crippen LogP contribution in [0.5, 0.6) is 0 Å². The van der Waals surface area contributed by atoms with Crippen molar-refractivity contribution in [2.75, 3.05) is 19.7 Å². The number of nitrogens with one attached hydrogen (secondary N) is 6. The van der Waals surface area contributed by atoms with Crippen molar-refractivity contribution in [3.8, 4) is 0 Å². The predicted octanol–water partition coefficient (Wildman–Crippen LogP) is 16.8. The number of aromatic amines is 4. The Balaban J connectivity index is 0.000000134. The number of rotatable bonds is 23. The highest BCUT2D eigenvalue weighted by molar-refractivity contribution is 5.98. The smallest absolute Gasteiger partial charge is 0.411 e. The van der Waals surface area contributed by atoms with Gasteiger partial charge in [0.25, 0.3) is 0 Å². The van der Waals surface area contributed by atoms with E-state index in [2.05, 4.69) is 132 Å². The van der Waals surface area contributed by atoms with E-state index < -0.39 is 23.4 Å². The fraction of sp³-hybridized carbons (Fsp3) is 0.467. The van der Waals surface area contributed by atoms with Gasteiger partial charge in [-0.05, 0) is 252 Å². The molecule has 28 heteroatoms. The third-order valence-corrected chi connectivity index (χ3v) is 20.8. The highest BCUT2D eigenvalue weighted by Gasteiger charge is 2.43. The van der Waals surface area contributed by atoms with Gasteiger partial charge >= 0.3 is 18.3 Å². The number of hydrogen-bond acceptors (Lipinski definition) is 18. The number of amides is 4. The Bertz CT molecular complexity index is 5380. The van der Waals surface area contributed by atoms with E-state index in [0.717, 1.165) is 147 Å². The van der Waals surface area contributed by atoms with Gasteiger partial charge in [0.15, 0.2) is 6.29 Å². The monoisotopic (exact) mass is 1610 g/mol. The minimum Gasteiger partial charge on any atom is -0.444 e. The zero-order chi connectivity index (χ0) is 84.0. The van der Waals surface area contributed by atoms with Crippen LogP contribution in [0.25, 0.3) is 66.2 Å². The number of aromatic nitrogens is 12. The van der Waals surface area contributed by atoms with Crippen molar-refractivity contribution in [2.45, 2.75) is 251 Å². The maximum Gasteiger partial charge on any atom is 0.411 e. The Kier molecular flexibility index (Phi) is 28.0. The number of carbonyl (C=O) groups excluding carboxylic acids is 5. The van der Waals surface area contributed by atoms with E-state index in [1.165, 1.54) is 36.6 Å². The lowest BCUT2D eigenvalue weighted by atomic mass is 10.1. The number of nitrogens with zero attached hydrogens (tertiary/aromatic N) is 12. The zero-order valence-electron chi connectivity index (χ0n) is 70.4. The van der Waals surface area contributed by atoms with Crippen LogP contribution in [-0.2, 0) is 32.1 Å². The van der Waals surface area contributed by atoms with Gasteiger partial charge in [-0.2, -0.15) is 0 Å². The number of aliphatic imine (C=N–C) groups is 1. The standard InChI is InChI=1S/C22H32N4O4.C20H30N4O2.C17H23N3O2.C12H15N3.C11H11N3.C8H6N2O/c1-15(26(16-8-9-16)21(29)30-22(2,3)4)18-13-25(12-6-11-23-19(28)14-27)20-17(18)7-5-10-24-20;1-14(24(15-8-9-15)19(25)26-20(2,3)4)17-13-23(12-6-10-21)18-16(17)7-5-11-22-18;1-11(14-10-19-15-13(14)6-5-9-18-15)20(12-7-8-12)16(21)22-17(2,3)4;1-8(15-9-4-5-9)11-7-14-12-10(11)3-2-6-13-12;1-2-10-8(6-13-9-3-4-9)7-14-11(10)12-5-1;11-5-6-4-10-8-7(6)2-1-3-9-8/h5,7,10,13,15-16,27H,6,8-9,11-12,14H2,1-4H3,(H,23,28);5,7,11,13-15H,6,8-10,12,21H2,1-4H3;5-6,9-12H,7-8H2,1-4H3,(H,18,19);2-3,6-9,15H,4-5H2,1H3,(H,13,14);1-2,5-7,9H,3-4H2,(H,12,14);1-5H,(H,9,10). The second kappa shape index (κ2) is 38.4. The molecule has 0 aliphatic heterocycles. The van der Waals surface area contributed by atoms with Crippen molar-refractivity contribution in [3.05, 3.63) is 181 Å². The SMILES string of the molecule is C(=NC1CC1)c1c[nH]c2ncccc12.CC(NC1CC1)c1c[nH]c2ncccc12.CC(c1c[nH]c2ncccc12)N(C(=O)OC(C)(C)C)C1CC1.CC(c1cn(CCCN)c2ncccc12)N(C(=O)OC(C)(C)C)C1CC1.CC(c1cn(CCCNC(=O)CO)c2ncccc12)N(C(=O)OC(C)(C)C)C1CC1.O=Cc1c[nH]c2ncccc12. The van der Waals surface area contributed by atoms with Gasteiger partial charge in [0.2, 0.25) is 5.91 Å². The van der Waals surface area contributed by atoms with Crippen molar-refractivity contribution in [1.82, 2.24) is 84.3 Å². The average Bonchev–Trinajstić information content (AvgIpc) is 1.63. The van der Waals surface area contributed by atoms with E-state index in [9.17, 15) is 24.0 Å². The molecule has 5 aliphatic carbocycles. The van der Waals surface area contributed by atoms with Crippen LogP contribution in [0.15, 0.2) is 152 Å². The number of fused-ring (bicyclic) bond motifs is 6. The summed E-state index contributed by atoms with van der Waals surface area (Å²) in [6.45, 7) is 27.6. The van der Waals surface area contributed by atoms with E-state index in [-0.39, 0.29) is 60.4 Å². The van der Waals surface area contributed by atoms with Crippen LogP contribution in [0.1, 0.15) is 229 Å². The number of aryl methyl sites for hydroxylation is 2. The second-order valence-corrected chi connectivity index (χ2v) is 34.1. The Morgan fingerprint density at radius 2 is 0.881 bits per heavy atom. The summed E-state index contributed by atoms with van der Waals surface area (Å²) in [7, 11) is 0. The minimum atomic E-state index is -0.543. The summed E-state index contributed by atoms with van der Waals surface area (Å²) in [5.41, 5.74) is 15.8. The number of pyridine rings is 6. The van der Waals surface area contributed by atoms with Gasteiger partial charge in [-0.3, -0.25) is 29.3 Å². The van der Waals surface area contributed by atoms with Gasteiger partial charge in [-0.15, -0.1) is 0 Å². The van der Waals surface area contributed by atoms with E-state index in [0.29, 0.717) is 43.7 Å². The summed E-state index contributed by atoms with van der Waals surface area (Å²) in [6, 6.07) is 25.9. The molecule has 12 heterocycles. The molecule has 4 unspecified atom stereocenters. The molecule has 4 atom stereocenters. The van der Waals surface area contributed by atoms with Crippen molar-refractivity contribution < 1.29 is 43.3 Å². The molecule has 5 fully saturated rings. The van der Waals surface area contributed by atoms with Crippen LogP contribution in [0.3, 0.4) is 0 Å². The van der Waals surface area contributed by atoms with Crippen molar-refractivity contribution >= 4 is 103 Å². The number of aliphatic hydroxyl groups is 1. The lowest BCUT2D eigenvalue weighted by molar-refractivity contribution is -0.123. The van der Waals surface area contributed by atoms with Gasteiger partial charge in [0.1, 0.15) is 57.3 Å². The normalized spacial score (nSPS) is 15.7.